The zero-order valence-electron chi connectivity index (χ0n) is 7.37. The minimum atomic E-state index is -0.815. The van der Waals surface area contributed by atoms with E-state index in [1.54, 1.807) is 0 Å². The maximum absolute atomic E-state index is 10.3. The number of carbonyl (C=O) groups is 2. The van der Waals surface area contributed by atoms with Gasteiger partial charge in [0.05, 0.1) is 6.61 Å². The van der Waals surface area contributed by atoms with Crippen LogP contribution in [0.4, 0.5) is 0 Å². The fourth-order valence-corrected chi connectivity index (χ4v) is 0.713. The third-order valence-electron chi connectivity index (χ3n) is 1.42. The molecule has 0 aromatic heterocycles. The molecule has 0 saturated heterocycles. The lowest BCUT2D eigenvalue weighted by molar-refractivity contribution is -0.142. The van der Waals surface area contributed by atoms with Gasteiger partial charge in [0.2, 0.25) is 0 Å². The molecule has 0 unspecified atom stereocenters. The summed E-state index contributed by atoms with van der Waals surface area (Å²) < 4.78 is 4.70. The van der Waals surface area contributed by atoms with Crippen molar-refractivity contribution >= 4 is 11.9 Å². The number of rotatable bonds is 5. The van der Waals surface area contributed by atoms with Crippen molar-refractivity contribution in [1.29, 1.82) is 0 Å². The Hall–Kier alpha value is -1.06. The van der Waals surface area contributed by atoms with Gasteiger partial charge in [-0.15, -0.1) is 0 Å². The van der Waals surface area contributed by atoms with Crippen LogP contribution in [0.15, 0.2) is 0 Å². The predicted molar refractivity (Wildman–Crippen MR) is 42.7 cm³/mol. The van der Waals surface area contributed by atoms with E-state index in [9.17, 15) is 9.59 Å². The lowest BCUT2D eigenvalue weighted by atomic mass is 10.1. The summed E-state index contributed by atoms with van der Waals surface area (Å²) in [5, 5.41) is 8.33. The van der Waals surface area contributed by atoms with Crippen LogP contribution in [0.3, 0.4) is 0 Å². The Morgan fingerprint density at radius 3 is 2.50 bits per heavy atom. The van der Waals surface area contributed by atoms with Gasteiger partial charge in [0.25, 0.3) is 0 Å². The van der Waals surface area contributed by atoms with Crippen LogP contribution in [0, 0.1) is 5.92 Å². The second-order valence-corrected chi connectivity index (χ2v) is 2.84. The average Bonchev–Trinajstić information content (AvgIpc) is 1.96. The summed E-state index contributed by atoms with van der Waals surface area (Å²) in [7, 11) is 0. The van der Waals surface area contributed by atoms with Crippen LogP contribution >= 0.6 is 0 Å². The molecule has 0 rings (SSSR count). The summed E-state index contributed by atoms with van der Waals surface area (Å²) in [6, 6.07) is 0. The van der Waals surface area contributed by atoms with Crippen LogP contribution in [0.2, 0.25) is 0 Å². The van der Waals surface area contributed by atoms with Crippen molar-refractivity contribution in [2.45, 2.75) is 26.7 Å². The van der Waals surface area contributed by atoms with E-state index in [2.05, 4.69) is 0 Å². The molecule has 0 bridgehead atoms. The minimum absolute atomic E-state index is 0.116. The summed E-state index contributed by atoms with van der Waals surface area (Å²) >= 11 is 0. The van der Waals surface area contributed by atoms with E-state index in [1.807, 2.05) is 6.92 Å². The smallest absolute Gasteiger partial charge is 0.303 e. The highest BCUT2D eigenvalue weighted by Crippen LogP contribution is 2.05. The number of carboxylic acids is 1. The van der Waals surface area contributed by atoms with Crippen LogP contribution < -0.4 is 0 Å². The average molecular weight is 174 g/mol. The van der Waals surface area contributed by atoms with Gasteiger partial charge >= 0.3 is 11.9 Å². The Morgan fingerprint density at radius 1 is 1.50 bits per heavy atom. The molecule has 12 heavy (non-hydrogen) atoms. The van der Waals surface area contributed by atoms with Crippen molar-refractivity contribution in [2.24, 2.45) is 5.92 Å². The zero-order valence-corrected chi connectivity index (χ0v) is 7.37. The second kappa shape index (κ2) is 5.57. The first-order valence-electron chi connectivity index (χ1n) is 3.87. The quantitative estimate of drug-likeness (QED) is 0.633. The molecular weight excluding hydrogens is 160 g/mol. The Labute approximate surface area is 71.5 Å². The first-order chi connectivity index (χ1) is 5.52. The van der Waals surface area contributed by atoms with Crippen LogP contribution in [0.25, 0.3) is 0 Å². The van der Waals surface area contributed by atoms with E-state index in [0.29, 0.717) is 13.0 Å². The number of hydrogen-bond acceptors (Lipinski definition) is 3. The Balaban J connectivity index is 3.39. The zero-order chi connectivity index (χ0) is 9.56. The number of hydrogen-bond donors (Lipinski definition) is 1. The summed E-state index contributed by atoms with van der Waals surface area (Å²) in [5.41, 5.74) is 0. The third kappa shape index (κ3) is 7.05. The van der Waals surface area contributed by atoms with E-state index in [-0.39, 0.29) is 18.3 Å². The summed E-state index contributed by atoms with van der Waals surface area (Å²) in [5.74, 6) is -1.02. The first-order valence-corrected chi connectivity index (χ1v) is 3.87. The normalized spacial score (nSPS) is 12.2. The predicted octanol–water partition coefficient (Wildman–Crippen LogP) is 1.05. The number of carbonyl (C=O) groups excluding carboxylic acids is 1. The SMILES string of the molecule is CC(=O)OC[C@H](C)CCC(=O)O. The maximum Gasteiger partial charge on any atom is 0.303 e. The Bertz CT molecular complexity index is 146. The van der Waals surface area contributed by atoms with Gasteiger partial charge in [-0.1, -0.05) is 6.92 Å². The summed E-state index contributed by atoms with van der Waals surface area (Å²) in [4.78, 5) is 20.5. The van der Waals surface area contributed by atoms with Gasteiger partial charge in [0, 0.05) is 13.3 Å². The Morgan fingerprint density at radius 2 is 2.08 bits per heavy atom. The molecule has 0 aromatic rings. The topological polar surface area (TPSA) is 63.6 Å². The number of ether oxygens (including phenoxy) is 1. The Kier molecular flexibility index (Phi) is 5.08. The summed E-state index contributed by atoms with van der Waals surface area (Å²) in [6.45, 7) is 3.50. The highest BCUT2D eigenvalue weighted by molar-refractivity contribution is 5.66. The molecule has 0 fully saturated rings. The molecule has 70 valence electrons. The molecule has 0 saturated carbocycles. The van der Waals surface area contributed by atoms with Crippen LogP contribution in [0.1, 0.15) is 26.7 Å². The molecule has 0 heterocycles. The van der Waals surface area contributed by atoms with Crippen molar-refractivity contribution in [2.75, 3.05) is 6.61 Å². The van der Waals surface area contributed by atoms with Gasteiger partial charge in [-0.05, 0) is 12.3 Å². The first kappa shape index (κ1) is 10.9. The van der Waals surface area contributed by atoms with Gasteiger partial charge in [0.1, 0.15) is 0 Å². The van der Waals surface area contributed by atoms with Gasteiger partial charge in [0.15, 0.2) is 0 Å². The van der Waals surface area contributed by atoms with Crippen LogP contribution in [0.5, 0.6) is 0 Å². The highest BCUT2D eigenvalue weighted by Gasteiger charge is 2.06. The summed E-state index contributed by atoms with van der Waals surface area (Å²) in [6.07, 6.45) is 0.672. The lowest BCUT2D eigenvalue weighted by Gasteiger charge is -2.08. The molecule has 0 aromatic carbocycles. The second-order valence-electron chi connectivity index (χ2n) is 2.84. The van der Waals surface area contributed by atoms with E-state index in [0.717, 1.165) is 0 Å². The molecule has 0 spiro atoms. The van der Waals surface area contributed by atoms with Gasteiger partial charge in [-0.2, -0.15) is 0 Å². The van der Waals surface area contributed by atoms with Crippen molar-refractivity contribution in [3.05, 3.63) is 0 Å². The molecule has 1 N–H and O–H groups in total. The number of carboxylic acid groups (broad SMARTS) is 1. The van der Waals surface area contributed by atoms with Crippen molar-refractivity contribution in [3.63, 3.8) is 0 Å². The lowest BCUT2D eigenvalue weighted by Crippen LogP contribution is -2.10. The van der Waals surface area contributed by atoms with Gasteiger partial charge < -0.3 is 9.84 Å². The van der Waals surface area contributed by atoms with Crippen LogP contribution in [-0.4, -0.2) is 23.7 Å². The molecule has 4 heteroatoms. The molecule has 0 aliphatic carbocycles. The van der Waals surface area contributed by atoms with E-state index >= 15 is 0 Å². The van der Waals surface area contributed by atoms with E-state index in [1.165, 1.54) is 6.92 Å². The molecule has 0 aliphatic rings. The van der Waals surface area contributed by atoms with Crippen molar-refractivity contribution in [3.8, 4) is 0 Å². The molecule has 0 amide bonds. The molecule has 0 aliphatic heterocycles. The number of aliphatic carboxylic acids is 1. The van der Waals surface area contributed by atoms with Gasteiger partial charge in [-0.25, -0.2) is 0 Å². The third-order valence-corrected chi connectivity index (χ3v) is 1.42. The maximum atomic E-state index is 10.3. The minimum Gasteiger partial charge on any atom is -0.481 e. The van der Waals surface area contributed by atoms with Gasteiger partial charge in [-0.3, -0.25) is 9.59 Å². The van der Waals surface area contributed by atoms with E-state index < -0.39 is 5.97 Å². The fourth-order valence-electron chi connectivity index (χ4n) is 0.713. The van der Waals surface area contributed by atoms with Crippen molar-refractivity contribution in [1.82, 2.24) is 0 Å². The molecular formula is C8H14O4. The van der Waals surface area contributed by atoms with E-state index in [4.69, 9.17) is 9.84 Å². The van der Waals surface area contributed by atoms with Crippen LogP contribution in [-0.2, 0) is 14.3 Å². The van der Waals surface area contributed by atoms with Crippen molar-refractivity contribution < 1.29 is 19.4 Å². The highest BCUT2D eigenvalue weighted by atomic mass is 16.5. The standard InChI is InChI=1S/C8H14O4/c1-6(3-4-8(10)11)5-12-7(2)9/h6H,3-5H2,1-2H3,(H,10,11)/t6-/m1/s1. The number of esters is 1. The largest absolute Gasteiger partial charge is 0.481 e. The fraction of sp³-hybridized carbons (Fsp3) is 0.750. The molecule has 4 nitrogen and oxygen atoms in total. The monoisotopic (exact) mass is 174 g/mol. The molecule has 1 atom stereocenters. The molecule has 0 radical (unpaired) electrons.